The van der Waals surface area contributed by atoms with Crippen molar-refractivity contribution in [3.8, 4) is 23.0 Å². The molecule has 1 atom stereocenters. The summed E-state index contributed by atoms with van der Waals surface area (Å²) in [6.45, 7) is 0. The zero-order chi connectivity index (χ0) is 24.2. The van der Waals surface area contributed by atoms with Gasteiger partial charge in [-0.2, -0.15) is 31.4 Å². The Kier molecular flexibility index (Phi) is 5.38. The molecular weight excluding hydrogens is 458 g/mol. The predicted molar refractivity (Wildman–Crippen MR) is 101 cm³/mol. The van der Waals surface area contributed by atoms with E-state index < -0.39 is 58.8 Å². The van der Waals surface area contributed by atoms with E-state index in [1.54, 1.807) is 0 Å². The van der Waals surface area contributed by atoms with E-state index in [-0.39, 0.29) is 25.0 Å². The summed E-state index contributed by atoms with van der Waals surface area (Å²) in [4.78, 5) is 3.96. The number of aryl methyl sites for hydroxylation is 2. The summed E-state index contributed by atoms with van der Waals surface area (Å²) < 4.78 is 88.9. The molecule has 8 nitrogen and oxygen atoms in total. The Morgan fingerprint density at radius 2 is 1.79 bits per heavy atom. The highest BCUT2D eigenvalue weighted by atomic mass is 19.4. The maximum Gasteiger partial charge on any atom is 0.426 e. The fourth-order valence-corrected chi connectivity index (χ4v) is 3.75. The maximum atomic E-state index is 13.8. The van der Waals surface area contributed by atoms with Crippen molar-refractivity contribution in [1.82, 2.24) is 25.0 Å². The standard InChI is InChI=1S/C19H18F6N6O2/c1-31-8-9-5-3-2-4-6-17(32,19(23,24)25)16-29-28-15(33-16)14-11(26)7-10(18(20,21)22)13(27-14)12(9)30-31/h7-8,32H,2-6,26H2,1H3. The molecule has 0 aliphatic carbocycles. The number of hydrogen-bond acceptors (Lipinski definition) is 7. The van der Waals surface area contributed by atoms with Gasteiger partial charge < -0.3 is 15.3 Å². The Labute approximate surface area is 182 Å². The van der Waals surface area contributed by atoms with Gasteiger partial charge in [-0.3, -0.25) is 4.68 Å². The average molecular weight is 476 g/mol. The third-order valence-electron chi connectivity index (χ3n) is 5.42. The number of rotatable bonds is 0. The Balaban J connectivity index is 1.98. The molecule has 33 heavy (non-hydrogen) atoms. The van der Waals surface area contributed by atoms with E-state index in [4.69, 9.17) is 10.2 Å². The smallest absolute Gasteiger partial charge is 0.416 e. The van der Waals surface area contributed by atoms with Gasteiger partial charge in [0, 0.05) is 13.2 Å². The number of nitrogens with two attached hydrogens (primary N) is 1. The molecule has 3 aromatic heterocycles. The molecule has 0 saturated carbocycles. The van der Waals surface area contributed by atoms with Gasteiger partial charge in [0.15, 0.2) is 5.69 Å². The first-order valence-electron chi connectivity index (χ1n) is 9.85. The number of pyridine rings is 1. The highest BCUT2D eigenvalue weighted by Gasteiger charge is 2.58. The van der Waals surface area contributed by atoms with Crippen molar-refractivity contribution in [3.05, 3.63) is 29.3 Å². The number of aliphatic hydroxyl groups is 1. The lowest BCUT2D eigenvalue weighted by Crippen LogP contribution is -2.42. The van der Waals surface area contributed by atoms with Crippen molar-refractivity contribution >= 4 is 5.69 Å². The summed E-state index contributed by atoms with van der Waals surface area (Å²) in [7, 11) is 1.53. The number of alkyl halides is 6. The van der Waals surface area contributed by atoms with Crippen molar-refractivity contribution < 1.29 is 35.9 Å². The third-order valence-corrected chi connectivity index (χ3v) is 5.42. The molecule has 0 spiro atoms. The molecule has 14 heteroatoms. The first kappa shape index (κ1) is 23.0. The van der Waals surface area contributed by atoms with Gasteiger partial charge in [0.25, 0.3) is 11.8 Å². The molecule has 0 radical (unpaired) electrons. The fraction of sp³-hybridized carbons (Fsp3) is 0.474. The SMILES string of the molecule is Cn1cc2c(n1)-c1nc(c(N)cc1C(F)(F)F)-c1nnc(o1)C(O)(C(F)(F)F)CCCCC2. The second kappa shape index (κ2) is 7.71. The Hall–Kier alpha value is -3.16. The topological polar surface area (TPSA) is 116 Å². The summed E-state index contributed by atoms with van der Waals surface area (Å²) in [6.07, 6.45) is -8.41. The van der Waals surface area contributed by atoms with E-state index in [1.165, 1.54) is 17.9 Å². The normalized spacial score (nSPS) is 19.8. The van der Waals surface area contributed by atoms with Gasteiger partial charge in [-0.25, -0.2) is 4.98 Å². The van der Waals surface area contributed by atoms with Gasteiger partial charge in [-0.05, 0) is 37.3 Å². The number of aromatic nitrogens is 5. The lowest BCUT2D eigenvalue weighted by Gasteiger charge is -2.26. The first-order chi connectivity index (χ1) is 15.3. The molecule has 0 saturated heterocycles. The van der Waals surface area contributed by atoms with E-state index in [1.807, 2.05) is 0 Å². The first-order valence-corrected chi connectivity index (χ1v) is 9.85. The minimum atomic E-state index is -5.13. The predicted octanol–water partition coefficient (Wildman–Crippen LogP) is 4.00. The minimum Gasteiger partial charge on any atom is -0.416 e. The largest absolute Gasteiger partial charge is 0.426 e. The average Bonchev–Trinajstić information content (AvgIpc) is 3.32. The minimum absolute atomic E-state index is 0.0327. The van der Waals surface area contributed by atoms with Crippen molar-refractivity contribution in [2.75, 3.05) is 5.73 Å². The number of hydrogen-bond donors (Lipinski definition) is 2. The zero-order valence-electron chi connectivity index (χ0n) is 17.1. The van der Waals surface area contributed by atoms with Crippen LogP contribution in [0.2, 0.25) is 0 Å². The molecule has 178 valence electrons. The van der Waals surface area contributed by atoms with Crippen LogP contribution >= 0.6 is 0 Å². The number of fused-ring (bicyclic) bond motifs is 7. The molecule has 0 aromatic carbocycles. The summed E-state index contributed by atoms with van der Waals surface area (Å²) in [5, 5.41) is 21.3. The summed E-state index contributed by atoms with van der Waals surface area (Å²) >= 11 is 0. The van der Waals surface area contributed by atoms with Gasteiger partial charge in [-0.1, -0.05) is 6.42 Å². The van der Waals surface area contributed by atoms with Crippen molar-refractivity contribution in [2.45, 2.75) is 50.1 Å². The van der Waals surface area contributed by atoms with E-state index in [0.717, 1.165) is 0 Å². The van der Waals surface area contributed by atoms with Crippen molar-refractivity contribution in [1.29, 1.82) is 0 Å². The molecule has 4 rings (SSSR count). The van der Waals surface area contributed by atoms with E-state index in [0.29, 0.717) is 18.1 Å². The number of anilines is 1. The Morgan fingerprint density at radius 3 is 2.45 bits per heavy atom. The zero-order valence-corrected chi connectivity index (χ0v) is 17.1. The molecule has 3 N–H and O–H groups in total. The van der Waals surface area contributed by atoms with Gasteiger partial charge in [0.1, 0.15) is 11.4 Å². The molecule has 1 aliphatic heterocycles. The van der Waals surface area contributed by atoms with Crippen LogP contribution in [0.25, 0.3) is 23.0 Å². The molecule has 3 aromatic rings. The lowest BCUT2D eigenvalue weighted by atomic mass is 9.94. The van der Waals surface area contributed by atoms with Crippen LogP contribution in [-0.4, -0.2) is 36.2 Å². The summed E-state index contributed by atoms with van der Waals surface area (Å²) in [5.74, 6) is -1.79. The van der Waals surface area contributed by atoms with Gasteiger partial charge in [0.05, 0.1) is 11.3 Å². The summed E-state index contributed by atoms with van der Waals surface area (Å²) in [6, 6.07) is 0.599. The highest BCUT2D eigenvalue weighted by molar-refractivity contribution is 5.74. The third kappa shape index (κ3) is 4.03. The van der Waals surface area contributed by atoms with Gasteiger partial charge >= 0.3 is 12.4 Å². The second-order valence-corrected chi connectivity index (χ2v) is 7.83. The van der Waals surface area contributed by atoms with Crippen molar-refractivity contribution in [3.63, 3.8) is 0 Å². The Bertz CT molecular complexity index is 1180. The lowest BCUT2D eigenvalue weighted by molar-refractivity contribution is -0.277. The van der Waals surface area contributed by atoms with Crippen LogP contribution in [0.5, 0.6) is 0 Å². The van der Waals surface area contributed by atoms with Crippen molar-refractivity contribution in [2.24, 2.45) is 7.05 Å². The molecule has 0 fully saturated rings. The highest BCUT2D eigenvalue weighted by Crippen LogP contribution is 2.44. The van der Waals surface area contributed by atoms with E-state index >= 15 is 0 Å². The van der Waals surface area contributed by atoms with Crippen LogP contribution < -0.4 is 5.73 Å². The fourth-order valence-electron chi connectivity index (χ4n) is 3.75. The quantitative estimate of drug-likeness (QED) is 0.471. The molecule has 0 amide bonds. The second-order valence-electron chi connectivity index (χ2n) is 7.83. The number of nitrogens with zero attached hydrogens (tertiary/aromatic N) is 5. The Morgan fingerprint density at radius 1 is 1.06 bits per heavy atom. The molecule has 1 unspecified atom stereocenters. The van der Waals surface area contributed by atoms with Crippen LogP contribution in [0.15, 0.2) is 16.7 Å². The monoisotopic (exact) mass is 476 g/mol. The molecule has 4 heterocycles. The van der Waals surface area contributed by atoms with Crippen LogP contribution in [0, 0.1) is 0 Å². The number of halogens is 6. The van der Waals surface area contributed by atoms with Crippen LogP contribution in [0.4, 0.5) is 32.0 Å². The number of nitrogen functional groups attached to an aromatic ring is 1. The summed E-state index contributed by atoms with van der Waals surface area (Å²) in [5.41, 5.74) is 0.000619. The van der Waals surface area contributed by atoms with E-state index in [9.17, 15) is 31.4 Å². The van der Waals surface area contributed by atoms with Gasteiger partial charge in [0.2, 0.25) is 5.60 Å². The van der Waals surface area contributed by atoms with Crippen LogP contribution in [0.3, 0.4) is 0 Å². The van der Waals surface area contributed by atoms with E-state index in [2.05, 4.69) is 20.3 Å². The van der Waals surface area contributed by atoms with Gasteiger partial charge in [-0.15, -0.1) is 10.2 Å². The maximum absolute atomic E-state index is 13.8. The molecule has 4 bridgehead atoms. The molecule has 1 aliphatic rings. The van der Waals surface area contributed by atoms with Crippen LogP contribution in [-0.2, 0) is 25.2 Å². The van der Waals surface area contributed by atoms with Crippen LogP contribution in [0.1, 0.15) is 42.7 Å². The molecular formula is C19H18F6N6O2.